The largest absolute Gasteiger partial charge is 0.445 e. The zero-order valence-corrected chi connectivity index (χ0v) is 18.4. The van der Waals surface area contributed by atoms with Crippen LogP contribution in [0.5, 0.6) is 0 Å². The smallest absolute Gasteiger partial charge is 0.322 e. The topological polar surface area (TPSA) is 9.23 Å². The molecule has 1 nitrogen and oxygen atoms in total. The van der Waals surface area contributed by atoms with E-state index in [0.29, 0.717) is 24.7 Å². The van der Waals surface area contributed by atoms with E-state index < -0.39 is 18.1 Å². The van der Waals surface area contributed by atoms with Crippen molar-refractivity contribution < 1.29 is 22.3 Å². The third-order valence-electron chi connectivity index (χ3n) is 8.43. The molecule has 3 aliphatic rings. The van der Waals surface area contributed by atoms with Gasteiger partial charge in [0.2, 0.25) is 0 Å². The van der Waals surface area contributed by atoms with E-state index in [4.69, 9.17) is 11.2 Å². The van der Waals surface area contributed by atoms with Gasteiger partial charge >= 0.3 is 6.18 Å². The normalized spacial score (nSPS) is 39.3. The molecule has 1 unspecified atom stereocenters. The summed E-state index contributed by atoms with van der Waals surface area (Å²) >= 11 is 0. The summed E-state index contributed by atoms with van der Waals surface area (Å²) in [6.45, 7) is 2.28. The summed E-state index contributed by atoms with van der Waals surface area (Å²) in [6.07, 6.45) is 12.6. The number of halogens is 4. The van der Waals surface area contributed by atoms with Gasteiger partial charge in [-0.05, 0) is 93.8 Å². The monoisotopic (exact) mass is 430 g/mol. The van der Waals surface area contributed by atoms with E-state index in [0.717, 1.165) is 30.6 Å². The van der Waals surface area contributed by atoms with Gasteiger partial charge in [0, 0.05) is 0 Å². The number of alkyl halides is 4. The molecule has 3 rings (SSSR count). The first-order chi connectivity index (χ1) is 14.3. The fourth-order valence-corrected chi connectivity index (χ4v) is 6.58. The quantitative estimate of drug-likeness (QED) is 0.308. The Morgan fingerprint density at radius 2 is 1.30 bits per heavy atom. The third kappa shape index (κ3) is 5.93. The maximum atomic E-state index is 13.4. The lowest BCUT2D eigenvalue weighted by Crippen LogP contribution is -2.43. The minimum atomic E-state index is -5.02. The summed E-state index contributed by atoms with van der Waals surface area (Å²) in [5, 5.41) is 0. The van der Waals surface area contributed by atoms with Crippen molar-refractivity contribution >= 4 is 0 Å². The van der Waals surface area contributed by atoms with Gasteiger partial charge in [0.15, 0.2) is 0 Å². The van der Waals surface area contributed by atoms with Crippen molar-refractivity contribution in [2.75, 3.05) is 0 Å². The fourth-order valence-electron chi connectivity index (χ4n) is 6.58. The van der Waals surface area contributed by atoms with E-state index in [1.807, 2.05) is 0 Å². The maximum absolute atomic E-state index is 13.4. The second kappa shape index (κ2) is 10.2. The lowest BCUT2D eigenvalue weighted by Gasteiger charge is -2.43. The first-order valence-corrected chi connectivity index (χ1v) is 12.1. The molecular weight excluding hydrogens is 392 g/mol. The molecule has 172 valence electrons. The average molecular weight is 431 g/mol. The van der Waals surface area contributed by atoms with Gasteiger partial charge in [-0.2, -0.15) is 13.2 Å². The Morgan fingerprint density at radius 3 is 1.70 bits per heavy atom. The predicted octanol–water partition coefficient (Wildman–Crippen LogP) is 7.84. The molecule has 0 heterocycles. The molecule has 0 N–H and O–H groups in total. The Kier molecular flexibility index (Phi) is 8.15. The van der Waals surface area contributed by atoms with Crippen molar-refractivity contribution in [3.63, 3.8) is 0 Å². The summed E-state index contributed by atoms with van der Waals surface area (Å²) in [5.74, 6) is 6.18. The van der Waals surface area contributed by atoms with Crippen molar-refractivity contribution in [3.05, 3.63) is 0 Å². The molecule has 3 saturated carbocycles. The third-order valence-corrected chi connectivity index (χ3v) is 8.43. The van der Waals surface area contributed by atoms with Gasteiger partial charge in [-0.15, -0.1) is 6.42 Å². The molecule has 0 aromatic heterocycles. The van der Waals surface area contributed by atoms with Crippen LogP contribution < -0.4 is 0 Å². The molecular formula is C25H38F4O. The van der Waals surface area contributed by atoms with Crippen molar-refractivity contribution in [2.24, 2.45) is 29.6 Å². The molecule has 0 bridgehead atoms. The minimum Gasteiger partial charge on any atom is -0.322 e. The van der Waals surface area contributed by atoms with Gasteiger partial charge in [0.05, 0.1) is 0 Å². The molecule has 0 aromatic rings. The fraction of sp³-hybridized carbons (Fsp3) is 0.920. The molecule has 0 radical (unpaired) electrons. The zero-order valence-electron chi connectivity index (χ0n) is 18.4. The van der Waals surface area contributed by atoms with Crippen LogP contribution in [0.25, 0.3) is 0 Å². The highest BCUT2D eigenvalue weighted by atomic mass is 19.4. The van der Waals surface area contributed by atoms with Crippen LogP contribution in [0.15, 0.2) is 0 Å². The van der Waals surface area contributed by atoms with Crippen molar-refractivity contribution in [2.45, 2.75) is 115 Å². The van der Waals surface area contributed by atoms with Crippen molar-refractivity contribution in [1.82, 2.24) is 0 Å². The Bertz CT molecular complexity index is 557. The van der Waals surface area contributed by atoms with Crippen LogP contribution >= 0.6 is 0 Å². The van der Waals surface area contributed by atoms with Crippen LogP contribution in [0.3, 0.4) is 0 Å². The van der Waals surface area contributed by atoms with Crippen LogP contribution in [0.1, 0.15) is 96.8 Å². The molecule has 30 heavy (non-hydrogen) atoms. The molecule has 0 aromatic carbocycles. The van der Waals surface area contributed by atoms with Crippen LogP contribution in [-0.2, 0) is 4.74 Å². The van der Waals surface area contributed by atoms with E-state index in [1.54, 1.807) is 0 Å². The highest BCUT2D eigenvalue weighted by molar-refractivity contribution is 5.11. The Hall–Kier alpha value is -0.760. The van der Waals surface area contributed by atoms with E-state index in [1.165, 1.54) is 64.2 Å². The van der Waals surface area contributed by atoms with E-state index in [-0.39, 0.29) is 0 Å². The minimum absolute atomic E-state index is 0.325. The lowest BCUT2D eigenvalue weighted by molar-refractivity contribution is -0.292. The SMILES string of the molecule is C#CC1(OC(F)C(F)(F)F)CCC(C2CCC(C3CCC(CCC)CC3)CC2)CC1. The van der Waals surface area contributed by atoms with E-state index in [9.17, 15) is 17.6 Å². The molecule has 0 aliphatic heterocycles. The Balaban J connectivity index is 1.43. The van der Waals surface area contributed by atoms with Gasteiger partial charge in [-0.1, -0.05) is 38.5 Å². The van der Waals surface area contributed by atoms with Crippen LogP contribution in [0, 0.1) is 41.9 Å². The van der Waals surface area contributed by atoms with Crippen molar-refractivity contribution in [1.29, 1.82) is 0 Å². The summed E-state index contributed by atoms with van der Waals surface area (Å²) in [5.41, 5.74) is -1.40. The molecule has 0 amide bonds. The van der Waals surface area contributed by atoms with E-state index >= 15 is 0 Å². The lowest BCUT2D eigenvalue weighted by atomic mass is 9.64. The summed E-state index contributed by atoms with van der Waals surface area (Å²) in [4.78, 5) is 0. The number of hydrogen-bond donors (Lipinski definition) is 0. The molecule has 5 heteroatoms. The van der Waals surface area contributed by atoms with Gasteiger partial charge in [0.1, 0.15) is 5.60 Å². The highest BCUT2D eigenvalue weighted by Crippen LogP contribution is 2.47. The van der Waals surface area contributed by atoms with Gasteiger partial charge in [0.25, 0.3) is 6.36 Å². The highest BCUT2D eigenvalue weighted by Gasteiger charge is 2.48. The van der Waals surface area contributed by atoms with Crippen LogP contribution in [-0.4, -0.2) is 18.1 Å². The van der Waals surface area contributed by atoms with Crippen molar-refractivity contribution in [3.8, 4) is 12.3 Å². The Labute approximate surface area is 179 Å². The summed E-state index contributed by atoms with van der Waals surface area (Å²) in [6, 6.07) is 0. The van der Waals surface area contributed by atoms with Gasteiger partial charge < -0.3 is 4.74 Å². The van der Waals surface area contributed by atoms with Crippen LogP contribution in [0.4, 0.5) is 17.6 Å². The standard InChI is InChI=1S/C25H38F4O/c1-3-5-18-6-8-19(9-7-18)20-10-12-21(13-11-20)22-14-16-24(4-2,17-15-22)30-23(26)25(27,28)29/h2,18-23H,3,5-17H2,1H3. The Morgan fingerprint density at radius 1 is 0.867 bits per heavy atom. The summed E-state index contributed by atoms with van der Waals surface area (Å²) < 4.78 is 55.8. The summed E-state index contributed by atoms with van der Waals surface area (Å²) in [7, 11) is 0. The van der Waals surface area contributed by atoms with Crippen LogP contribution in [0.2, 0.25) is 0 Å². The molecule has 1 atom stereocenters. The van der Waals surface area contributed by atoms with Gasteiger partial charge in [-0.3, -0.25) is 0 Å². The number of hydrogen-bond acceptors (Lipinski definition) is 1. The zero-order chi connectivity index (χ0) is 21.8. The maximum Gasteiger partial charge on any atom is 0.445 e. The second-order valence-electron chi connectivity index (χ2n) is 10.2. The average Bonchev–Trinajstić information content (AvgIpc) is 2.74. The molecule has 3 fully saturated rings. The molecule has 0 spiro atoms. The number of terminal acetylenes is 1. The van der Waals surface area contributed by atoms with E-state index in [2.05, 4.69) is 12.8 Å². The second-order valence-corrected chi connectivity index (χ2v) is 10.2. The number of ether oxygens (including phenoxy) is 1. The number of rotatable bonds is 6. The predicted molar refractivity (Wildman–Crippen MR) is 111 cm³/mol. The molecule has 3 aliphatic carbocycles. The first kappa shape index (κ1) is 23.9. The molecule has 0 saturated heterocycles. The first-order valence-electron chi connectivity index (χ1n) is 12.1. The van der Waals surface area contributed by atoms with Gasteiger partial charge in [-0.25, -0.2) is 4.39 Å².